The van der Waals surface area contributed by atoms with Gasteiger partial charge in [-0.1, -0.05) is 12.1 Å². The number of carbonyl (C=O) groups excluding carboxylic acids is 1. The molecule has 1 heterocycles. The summed E-state index contributed by atoms with van der Waals surface area (Å²) in [5.74, 6) is 1.23. The van der Waals surface area contributed by atoms with Gasteiger partial charge >= 0.3 is 0 Å². The van der Waals surface area contributed by atoms with Gasteiger partial charge in [0, 0.05) is 5.69 Å². The molecule has 2 unspecified atom stereocenters. The lowest BCUT2D eigenvalue weighted by molar-refractivity contribution is -0.123. The zero-order valence-corrected chi connectivity index (χ0v) is 11.7. The SMILES string of the molecule is CC(NC(=O)C1(C)CCCS1)c1ccc(N)cc1. The minimum absolute atomic E-state index is 0.0242. The van der Waals surface area contributed by atoms with Crippen LogP contribution >= 0.6 is 11.8 Å². The molecular formula is C14H20N2OS. The fourth-order valence-corrected chi connectivity index (χ4v) is 3.39. The Morgan fingerprint density at radius 2 is 2.11 bits per heavy atom. The number of hydrogen-bond donors (Lipinski definition) is 2. The molecule has 0 saturated carbocycles. The smallest absolute Gasteiger partial charge is 0.236 e. The van der Waals surface area contributed by atoms with E-state index in [0.717, 1.165) is 29.8 Å². The summed E-state index contributed by atoms with van der Waals surface area (Å²) in [6.07, 6.45) is 2.10. The molecule has 1 aliphatic heterocycles. The summed E-state index contributed by atoms with van der Waals surface area (Å²) < 4.78 is -0.248. The molecule has 1 aromatic carbocycles. The molecule has 1 aliphatic rings. The van der Waals surface area contributed by atoms with Gasteiger partial charge in [0.25, 0.3) is 0 Å². The quantitative estimate of drug-likeness (QED) is 0.825. The van der Waals surface area contributed by atoms with Crippen LogP contribution in [0.4, 0.5) is 5.69 Å². The van der Waals surface area contributed by atoms with E-state index in [9.17, 15) is 4.79 Å². The maximum atomic E-state index is 12.3. The molecule has 1 amide bonds. The molecule has 1 saturated heterocycles. The number of rotatable bonds is 3. The number of nitrogens with two attached hydrogens (primary N) is 1. The van der Waals surface area contributed by atoms with Crippen molar-refractivity contribution in [3.05, 3.63) is 29.8 Å². The Labute approximate surface area is 113 Å². The average Bonchev–Trinajstić information content (AvgIpc) is 2.78. The van der Waals surface area contributed by atoms with Crippen LogP contribution < -0.4 is 11.1 Å². The van der Waals surface area contributed by atoms with Gasteiger partial charge < -0.3 is 11.1 Å². The van der Waals surface area contributed by atoms with E-state index in [1.807, 2.05) is 38.1 Å². The first-order valence-electron chi connectivity index (χ1n) is 6.32. The molecule has 0 aliphatic carbocycles. The van der Waals surface area contributed by atoms with Gasteiger partial charge in [-0.15, -0.1) is 11.8 Å². The van der Waals surface area contributed by atoms with Crippen LogP contribution in [0, 0.1) is 0 Å². The standard InChI is InChI=1S/C14H20N2OS/c1-10(11-4-6-12(15)7-5-11)16-13(17)14(2)8-3-9-18-14/h4-7,10H,3,8-9,15H2,1-2H3,(H,16,17). The first-order chi connectivity index (χ1) is 8.51. The van der Waals surface area contributed by atoms with Crippen LogP contribution in [0.5, 0.6) is 0 Å². The van der Waals surface area contributed by atoms with E-state index in [0.29, 0.717) is 0 Å². The van der Waals surface area contributed by atoms with E-state index in [1.54, 1.807) is 11.8 Å². The summed E-state index contributed by atoms with van der Waals surface area (Å²) >= 11 is 1.76. The molecule has 2 rings (SSSR count). The minimum Gasteiger partial charge on any atom is -0.399 e. The first-order valence-corrected chi connectivity index (χ1v) is 7.30. The van der Waals surface area contributed by atoms with Crippen molar-refractivity contribution in [2.75, 3.05) is 11.5 Å². The number of carbonyl (C=O) groups is 1. The van der Waals surface area contributed by atoms with Gasteiger partial charge in [-0.2, -0.15) is 0 Å². The highest BCUT2D eigenvalue weighted by molar-refractivity contribution is 8.01. The van der Waals surface area contributed by atoms with Crippen molar-refractivity contribution in [2.24, 2.45) is 0 Å². The molecule has 3 nitrogen and oxygen atoms in total. The summed E-state index contributed by atoms with van der Waals surface area (Å²) in [5, 5.41) is 3.10. The highest BCUT2D eigenvalue weighted by Crippen LogP contribution is 2.38. The van der Waals surface area contributed by atoms with Crippen molar-refractivity contribution < 1.29 is 4.79 Å². The lowest BCUT2D eigenvalue weighted by atomic mass is 10.0. The molecule has 2 atom stereocenters. The third-order valence-corrected chi connectivity index (χ3v) is 5.00. The highest BCUT2D eigenvalue weighted by atomic mass is 32.2. The average molecular weight is 264 g/mol. The van der Waals surface area contributed by atoms with Crippen molar-refractivity contribution in [1.82, 2.24) is 5.32 Å². The Bertz CT molecular complexity index is 424. The molecule has 18 heavy (non-hydrogen) atoms. The molecule has 0 bridgehead atoms. The summed E-state index contributed by atoms with van der Waals surface area (Å²) in [4.78, 5) is 12.3. The number of thioether (sulfide) groups is 1. The van der Waals surface area contributed by atoms with Crippen LogP contribution in [-0.4, -0.2) is 16.4 Å². The highest BCUT2D eigenvalue weighted by Gasteiger charge is 2.37. The Morgan fingerprint density at radius 3 is 2.67 bits per heavy atom. The van der Waals surface area contributed by atoms with Gasteiger partial charge in [0.1, 0.15) is 0 Å². The lowest BCUT2D eigenvalue weighted by Gasteiger charge is -2.24. The normalized spacial score (nSPS) is 24.8. The second kappa shape index (κ2) is 5.22. The fraction of sp³-hybridized carbons (Fsp3) is 0.500. The topological polar surface area (TPSA) is 55.1 Å². The van der Waals surface area contributed by atoms with Gasteiger partial charge in [-0.05, 0) is 50.1 Å². The molecule has 3 N–H and O–H groups in total. The third-order valence-electron chi connectivity index (χ3n) is 3.48. The fourth-order valence-electron chi connectivity index (χ4n) is 2.18. The third kappa shape index (κ3) is 2.80. The van der Waals surface area contributed by atoms with Crippen LogP contribution in [0.3, 0.4) is 0 Å². The zero-order chi connectivity index (χ0) is 13.2. The predicted octanol–water partition coefficient (Wildman–Crippen LogP) is 2.73. The molecule has 1 fully saturated rings. The first kappa shape index (κ1) is 13.3. The van der Waals surface area contributed by atoms with Crippen molar-refractivity contribution in [2.45, 2.75) is 37.5 Å². The van der Waals surface area contributed by atoms with Crippen molar-refractivity contribution in [1.29, 1.82) is 0 Å². The Balaban J connectivity index is 2.00. The summed E-state index contributed by atoms with van der Waals surface area (Å²) in [6.45, 7) is 4.04. The number of nitrogen functional groups attached to an aromatic ring is 1. The molecule has 0 aromatic heterocycles. The van der Waals surface area contributed by atoms with Crippen molar-refractivity contribution in [3.63, 3.8) is 0 Å². The molecular weight excluding hydrogens is 244 g/mol. The van der Waals surface area contributed by atoms with Crippen LogP contribution in [0.2, 0.25) is 0 Å². The van der Waals surface area contributed by atoms with Gasteiger partial charge in [0.15, 0.2) is 0 Å². The van der Waals surface area contributed by atoms with Crippen LogP contribution in [0.1, 0.15) is 38.3 Å². The number of hydrogen-bond acceptors (Lipinski definition) is 3. The Kier molecular flexibility index (Phi) is 3.85. The second-order valence-corrected chi connectivity index (χ2v) is 6.64. The number of amides is 1. The Morgan fingerprint density at radius 1 is 1.44 bits per heavy atom. The predicted molar refractivity (Wildman–Crippen MR) is 77.5 cm³/mol. The second-order valence-electron chi connectivity index (χ2n) is 5.04. The minimum atomic E-state index is -0.248. The van der Waals surface area contributed by atoms with E-state index < -0.39 is 0 Å². The van der Waals surface area contributed by atoms with E-state index in [1.165, 1.54) is 0 Å². The van der Waals surface area contributed by atoms with Crippen LogP contribution in [0.15, 0.2) is 24.3 Å². The van der Waals surface area contributed by atoms with Gasteiger partial charge in [0.05, 0.1) is 10.8 Å². The van der Waals surface area contributed by atoms with Crippen LogP contribution in [0.25, 0.3) is 0 Å². The van der Waals surface area contributed by atoms with Crippen molar-refractivity contribution >= 4 is 23.4 Å². The molecule has 4 heteroatoms. The van der Waals surface area contributed by atoms with E-state index in [4.69, 9.17) is 5.73 Å². The number of anilines is 1. The monoisotopic (exact) mass is 264 g/mol. The maximum Gasteiger partial charge on any atom is 0.236 e. The summed E-state index contributed by atoms with van der Waals surface area (Å²) in [7, 11) is 0. The lowest BCUT2D eigenvalue weighted by Crippen LogP contribution is -2.41. The van der Waals surface area contributed by atoms with Gasteiger partial charge in [-0.25, -0.2) is 0 Å². The zero-order valence-electron chi connectivity index (χ0n) is 10.9. The molecule has 1 aromatic rings. The van der Waals surface area contributed by atoms with E-state index >= 15 is 0 Å². The van der Waals surface area contributed by atoms with Gasteiger partial charge in [-0.3, -0.25) is 4.79 Å². The largest absolute Gasteiger partial charge is 0.399 e. The van der Waals surface area contributed by atoms with Crippen molar-refractivity contribution in [3.8, 4) is 0 Å². The summed E-state index contributed by atoms with van der Waals surface area (Å²) in [6, 6.07) is 7.68. The van der Waals surface area contributed by atoms with E-state index in [2.05, 4.69) is 5.32 Å². The molecule has 0 radical (unpaired) electrons. The Hall–Kier alpha value is -1.16. The molecule has 98 valence electrons. The maximum absolute atomic E-state index is 12.3. The molecule has 0 spiro atoms. The van der Waals surface area contributed by atoms with Gasteiger partial charge in [0.2, 0.25) is 5.91 Å². The van der Waals surface area contributed by atoms with Crippen LogP contribution in [-0.2, 0) is 4.79 Å². The van der Waals surface area contributed by atoms with E-state index in [-0.39, 0.29) is 16.7 Å². The number of nitrogens with one attached hydrogen (secondary N) is 1. The summed E-state index contributed by atoms with van der Waals surface area (Å²) in [5.41, 5.74) is 7.49. The number of benzene rings is 1.